The number of aromatic nitrogens is 2. The molecule has 4 rings (SSSR count). The van der Waals surface area contributed by atoms with E-state index >= 15 is 0 Å². The van der Waals surface area contributed by atoms with Crippen LogP contribution in [0.2, 0.25) is 0 Å². The van der Waals surface area contributed by atoms with Gasteiger partial charge < -0.3 is 20.5 Å². The van der Waals surface area contributed by atoms with E-state index in [9.17, 15) is 4.39 Å². The molecule has 208 valence electrons. The second-order valence-corrected chi connectivity index (χ2v) is 9.47. The van der Waals surface area contributed by atoms with Crippen molar-refractivity contribution in [1.82, 2.24) is 20.2 Å². The SMILES string of the molecule is C=CC(=C)N1CCC1CCc1cnccc1-c1[nH]c(CCNC)c(C=C)c1Nc1cccc(F)c1CC.CC. The van der Waals surface area contributed by atoms with E-state index in [0.717, 1.165) is 78.4 Å². The summed E-state index contributed by atoms with van der Waals surface area (Å²) in [5, 5.41) is 6.81. The smallest absolute Gasteiger partial charge is 0.128 e. The number of benzene rings is 1. The highest BCUT2D eigenvalue weighted by molar-refractivity contribution is 5.88. The third-order valence-electron chi connectivity index (χ3n) is 7.35. The van der Waals surface area contributed by atoms with E-state index in [1.165, 1.54) is 11.6 Å². The van der Waals surface area contributed by atoms with Crippen molar-refractivity contribution in [3.05, 3.63) is 96.4 Å². The number of likely N-dealkylation sites (tertiary alicyclic amines) is 1. The van der Waals surface area contributed by atoms with Crippen LogP contribution in [0.4, 0.5) is 15.8 Å². The predicted molar refractivity (Wildman–Crippen MR) is 165 cm³/mol. The molecule has 0 radical (unpaired) electrons. The minimum Gasteiger partial charge on any atom is -0.369 e. The minimum atomic E-state index is -0.198. The number of pyridine rings is 1. The van der Waals surface area contributed by atoms with Gasteiger partial charge in [-0.05, 0) is 62.6 Å². The van der Waals surface area contributed by atoms with Gasteiger partial charge in [0.05, 0.1) is 11.4 Å². The number of nitrogens with zero attached hydrogens (tertiary/aromatic N) is 2. The van der Waals surface area contributed by atoms with Gasteiger partial charge in [-0.1, -0.05) is 52.7 Å². The van der Waals surface area contributed by atoms with Crippen molar-refractivity contribution in [2.45, 2.75) is 58.9 Å². The van der Waals surface area contributed by atoms with Gasteiger partial charge in [0.15, 0.2) is 0 Å². The second-order valence-electron chi connectivity index (χ2n) is 9.47. The number of hydrogen-bond donors (Lipinski definition) is 3. The van der Waals surface area contributed by atoms with Gasteiger partial charge >= 0.3 is 0 Å². The van der Waals surface area contributed by atoms with Crippen LogP contribution in [0.3, 0.4) is 0 Å². The van der Waals surface area contributed by atoms with Crippen molar-refractivity contribution in [3.8, 4) is 11.3 Å². The lowest BCUT2D eigenvalue weighted by atomic mass is 9.93. The van der Waals surface area contributed by atoms with Crippen LogP contribution in [-0.4, -0.2) is 41.0 Å². The molecule has 1 unspecified atom stereocenters. The highest BCUT2D eigenvalue weighted by Gasteiger charge is 2.28. The summed E-state index contributed by atoms with van der Waals surface area (Å²) in [4.78, 5) is 10.5. The number of rotatable bonds is 13. The summed E-state index contributed by atoms with van der Waals surface area (Å²) in [6.45, 7) is 19.9. The molecule has 5 nitrogen and oxygen atoms in total. The average Bonchev–Trinajstić information content (AvgIpc) is 3.29. The Morgan fingerprint density at radius 1 is 1.23 bits per heavy atom. The zero-order valence-electron chi connectivity index (χ0n) is 24.0. The Bertz CT molecular complexity index is 1280. The Balaban J connectivity index is 0.00000205. The molecule has 39 heavy (non-hydrogen) atoms. The van der Waals surface area contributed by atoms with Crippen LogP contribution in [0.25, 0.3) is 17.3 Å². The maximum Gasteiger partial charge on any atom is 0.128 e. The van der Waals surface area contributed by atoms with Crippen LogP contribution in [0, 0.1) is 5.82 Å². The molecular weight excluding hydrogens is 485 g/mol. The first-order chi connectivity index (χ1) is 19.0. The Morgan fingerprint density at radius 3 is 2.67 bits per heavy atom. The molecule has 1 aromatic carbocycles. The van der Waals surface area contributed by atoms with Crippen LogP contribution in [-0.2, 0) is 19.3 Å². The zero-order chi connectivity index (χ0) is 28.4. The van der Waals surface area contributed by atoms with E-state index in [-0.39, 0.29) is 5.82 Å². The number of anilines is 2. The third-order valence-corrected chi connectivity index (χ3v) is 7.35. The predicted octanol–water partition coefficient (Wildman–Crippen LogP) is 7.66. The largest absolute Gasteiger partial charge is 0.369 e. The van der Waals surface area contributed by atoms with Gasteiger partial charge in [0.25, 0.3) is 0 Å². The monoisotopic (exact) mass is 529 g/mol. The molecule has 0 saturated carbocycles. The van der Waals surface area contributed by atoms with Crippen LogP contribution >= 0.6 is 0 Å². The van der Waals surface area contributed by atoms with Gasteiger partial charge in [-0.3, -0.25) is 4.98 Å². The maximum atomic E-state index is 14.6. The molecule has 3 N–H and O–H groups in total. The quantitative estimate of drug-likeness (QED) is 0.199. The molecule has 1 fully saturated rings. The maximum absolute atomic E-state index is 14.6. The molecule has 1 saturated heterocycles. The van der Waals surface area contributed by atoms with Gasteiger partial charge in [0.1, 0.15) is 5.82 Å². The zero-order valence-corrected chi connectivity index (χ0v) is 24.0. The summed E-state index contributed by atoms with van der Waals surface area (Å²) in [5.74, 6) is -0.198. The summed E-state index contributed by atoms with van der Waals surface area (Å²) in [6.07, 6.45) is 12.0. The van der Waals surface area contributed by atoms with Gasteiger partial charge in [-0.25, -0.2) is 4.39 Å². The van der Waals surface area contributed by atoms with Crippen molar-refractivity contribution in [2.24, 2.45) is 0 Å². The summed E-state index contributed by atoms with van der Waals surface area (Å²) < 4.78 is 14.6. The number of aryl methyl sites for hydroxylation is 1. The number of allylic oxidation sites excluding steroid dienone is 1. The van der Waals surface area contributed by atoms with E-state index in [0.29, 0.717) is 18.0 Å². The van der Waals surface area contributed by atoms with Gasteiger partial charge in [0.2, 0.25) is 0 Å². The Labute approximate surface area is 233 Å². The lowest BCUT2D eigenvalue weighted by Gasteiger charge is -2.43. The number of halogens is 1. The number of H-pyrrole nitrogens is 1. The Morgan fingerprint density at radius 2 is 2.03 bits per heavy atom. The van der Waals surface area contributed by atoms with E-state index in [2.05, 4.69) is 51.3 Å². The fourth-order valence-corrected chi connectivity index (χ4v) is 5.17. The number of hydrogen-bond acceptors (Lipinski definition) is 4. The van der Waals surface area contributed by atoms with Gasteiger partial charge in [-0.2, -0.15) is 0 Å². The number of likely N-dealkylation sites (N-methyl/N-ethyl adjacent to an activating group) is 1. The fraction of sp³-hybridized carbons (Fsp3) is 0.364. The van der Waals surface area contributed by atoms with Gasteiger partial charge in [-0.15, -0.1) is 0 Å². The molecule has 3 heterocycles. The molecule has 0 bridgehead atoms. The van der Waals surface area contributed by atoms with Gasteiger partial charge in [0, 0.05) is 71.7 Å². The molecule has 0 aliphatic carbocycles. The summed E-state index contributed by atoms with van der Waals surface area (Å²) in [6, 6.07) is 7.73. The molecule has 1 atom stereocenters. The lowest BCUT2D eigenvalue weighted by molar-refractivity contribution is 0.134. The number of aromatic amines is 1. The highest BCUT2D eigenvalue weighted by atomic mass is 19.1. The molecule has 1 aliphatic heterocycles. The van der Waals surface area contributed by atoms with Crippen LogP contribution in [0.5, 0.6) is 0 Å². The van der Waals surface area contributed by atoms with E-state index in [1.807, 2.05) is 58.4 Å². The number of nitrogens with one attached hydrogen (secondary N) is 3. The third kappa shape index (κ3) is 6.69. The highest BCUT2D eigenvalue weighted by Crippen LogP contribution is 2.39. The molecule has 0 amide bonds. The second kappa shape index (κ2) is 14.5. The standard InChI is InChI=1S/C31H38FN5.C2H6/c1-6-21(4)37-19-16-23(37)13-12-22-20-34-18-14-26(22)31-30(25(8-3)29(36-31)15-17-33-5)35-28-11-9-10-27(32)24(28)7-2;1-2/h6,8-11,14,18,20,23,33,35-36H,1,3-4,7,12-13,15-17,19H2,2,5H3;1-2H3. The minimum absolute atomic E-state index is 0.198. The first-order valence-corrected chi connectivity index (χ1v) is 14.1. The lowest BCUT2D eigenvalue weighted by Crippen LogP contribution is -2.46. The normalized spacial score (nSPS) is 14.2. The van der Waals surface area contributed by atoms with Crippen molar-refractivity contribution < 1.29 is 4.39 Å². The van der Waals surface area contributed by atoms with Crippen molar-refractivity contribution >= 4 is 17.5 Å². The molecule has 3 aromatic rings. The molecule has 0 spiro atoms. The summed E-state index contributed by atoms with van der Waals surface area (Å²) in [7, 11) is 1.95. The van der Waals surface area contributed by atoms with Crippen molar-refractivity contribution in [2.75, 3.05) is 25.5 Å². The summed E-state index contributed by atoms with van der Waals surface area (Å²) >= 11 is 0. The van der Waals surface area contributed by atoms with Crippen LogP contribution < -0.4 is 10.6 Å². The average molecular weight is 530 g/mol. The Kier molecular flexibility index (Phi) is 11.1. The Hall–Kier alpha value is -3.64. The van der Waals surface area contributed by atoms with Crippen LogP contribution in [0.1, 0.15) is 56.0 Å². The fourth-order valence-electron chi connectivity index (χ4n) is 5.17. The molecule has 1 aliphatic rings. The van der Waals surface area contributed by atoms with E-state index in [4.69, 9.17) is 0 Å². The topological polar surface area (TPSA) is 56.0 Å². The van der Waals surface area contributed by atoms with E-state index < -0.39 is 0 Å². The van der Waals surface area contributed by atoms with Crippen molar-refractivity contribution in [3.63, 3.8) is 0 Å². The summed E-state index contributed by atoms with van der Waals surface area (Å²) in [5.41, 5.74) is 8.69. The van der Waals surface area contributed by atoms with E-state index in [1.54, 1.807) is 6.07 Å². The first-order valence-electron chi connectivity index (χ1n) is 14.1. The first kappa shape index (κ1) is 29.9. The molecule has 2 aromatic heterocycles. The van der Waals surface area contributed by atoms with Crippen molar-refractivity contribution in [1.29, 1.82) is 0 Å². The van der Waals surface area contributed by atoms with Crippen LogP contribution in [0.15, 0.2) is 68.2 Å². The molecular formula is C33H44FN5. The molecule has 6 heteroatoms.